The molecular formula is C24H24N6O5. The normalized spacial score (nSPS) is 15.1. The molecule has 2 heterocycles. The number of benzene rings is 2. The van der Waals surface area contributed by atoms with Gasteiger partial charge >= 0.3 is 0 Å². The summed E-state index contributed by atoms with van der Waals surface area (Å²) in [6.45, 7) is 6.22. The van der Waals surface area contributed by atoms with Crippen molar-refractivity contribution in [1.29, 1.82) is 0 Å². The SMILES string of the molecule is C=CC(=O)N1CC[C@@H](n2nc(-c3ccc(Oc4cc([N+](=O)[O-])ccc4C)cc3)c(C(N)=O)c2N)C1. The number of likely N-dealkylation sites (tertiary alicyclic amines) is 1. The fraction of sp³-hybridized carbons (Fsp3) is 0.208. The molecule has 180 valence electrons. The average molecular weight is 476 g/mol. The van der Waals surface area contributed by atoms with Gasteiger partial charge in [0.25, 0.3) is 11.6 Å². The molecule has 1 aromatic heterocycles. The van der Waals surface area contributed by atoms with Crippen molar-refractivity contribution in [3.63, 3.8) is 0 Å². The van der Waals surface area contributed by atoms with E-state index in [2.05, 4.69) is 11.7 Å². The summed E-state index contributed by atoms with van der Waals surface area (Å²) in [5.41, 5.74) is 13.6. The Morgan fingerprint density at radius 3 is 2.60 bits per heavy atom. The van der Waals surface area contributed by atoms with Crippen LogP contribution in [-0.2, 0) is 4.79 Å². The second kappa shape index (κ2) is 9.29. The zero-order valence-corrected chi connectivity index (χ0v) is 19.0. The number of amides is 2. The minimum atomic E-state index is -0.715. The Labute approximate surface area is 200 Å². The van der Waals surface area contributed by atoms with Crippen molar-refractivity contribution in [2.45, 2.75) is 19.4 Å². The first-order chi connectivity index (χ1) is 16.7. The summed E-state index contributed by atoms with van der Waals surface area (Å²) in [4.78, 5) is 36.4. The lowest BCUT2D eigenvalue weighted by Crippen LogP contribution is -2.27. The predicted molar refractivity (Wildman–Crippen MR) is 129 cm³/mol. The summed E-state index contributed by atoms with van der Waals surface area (Å²) < 4.78 is 7.38. The Bertz CT molecular complexity index is 1330. The number of nitrogen functional groups attached to an aromatic ring is 1. The van der Waals surface area contributed by atoms with Crippen LogP contribution in [0.5, 0.6) is 11.5 Å². The molecule has 1 atom stereocenters. The van der Waals surface area contributed by atoms with E-state index in [1.54, 1.807) is 46.8 Å². The van der Waals surface area contributed by atoms with E-state index < -0.39 is 10.8 Å². The quantitative estimate of drug-likeness (QED) is 0.301. The topological polar surface area (TPSA) is 160 Å². The Hall–Kier alpha value is -4.67. The summed E-state index contributed by atoms with van der Waals surface area (Å²) in [6.07, 6.45) is 1.88. The van der Waals surface area contributed by atoms with Gasteiger partial charge in [-0.1, -0.05) is 6.58 Å². The number of carbonyl (C=O) groups excluding carboxylic acids is 2. The molecule has 11 nitrogen and oxygen atoms in total. The van der Waals surface area contributed by atoms with Crippen LogP contribution in [0.4, 0.5) is 11.5 Å². The van der Waals surface area contributed by atoms with Crippen LogP contribution in [0.25, 0.3) is 11.3 Å². The summed E-state index contributed by atoms with van der Waals surface area (Å²) >= 11 is 0. The molecule has 4 N–H and O–H groups in total. The van der Waals surface area contributed by atoms with Gasteiger partial charge < -0.3 is 21.1 Å². The molecule has 0 aliphatic carbocycles. The van der Waals surface area contributed by atoms with Gasteiger partial charge in [0.15, 0.2) is 0 Å². The highest BCUT2D eigenvalue weighted by molar-refractivity contribution is 6.03. The standard InChI is InChI=1S/C24H24N6O5/c1-3-20(31)28-11-10-17(13-28)29-23(25)21(24(26)32)22(27-29)15-5-8-18(9-6-15)35-19-12-16(30(33)34)7-4-14(19)2/h3-9,12,17H,1,10-11,13,25H2,2H3,(H2,26,32)/t17-/m1/s1. The predicted octanol–water partition coefficient (Wildman–Crippen LogP) is 3.20. The van der Waals surface area contributed by atoms with Gasteiger partial charge in [0.05, 0.1) is 17.0 Å². The summed E-state index contributed by atoms with van der Waals surface area (Å²) in [6, 6.07) is 10.9. The van der Waals surface area contributed by atoms with Crippen LogP contribution in [-0.4, -0.2) is 44.5 Å². The van der Waals surface area contributed by atoms with Crippen LogP contribution in [0.2, 0.25) is 0 Å². The summed E-state index contributed by atoms with van der Waals surface area (Å²) in [5, 5.41) is 15.6. The fourth-order valence-corrected chi connectivity index (χ4v) is 4.06. The number of hydrogen-bond donors (Lipinski definition) is 2. The molecule has 0 spiro atoms. The maximum absolute atomic E-state index is 12.2. The molecule has 4 rings (SSSR count). The molecule has 3 aromatic rings. The Morgan fingerprint density at radius 1 is 1.26 bits per heavy atom. The highest BCUT2D eigenvalue weighted by Crippen LogP contribution is 2.34. The maximum atomic E-state index is 12.2. The second-order valence-electron chi connectivity index (χ2n) is 8.18. The van der Waals surface area contributed by atoms with Gasteiger partial charge in [-0.05, 0) is 55.3 Å². The number of aryl methyl sites for hydroxylation is 1. The zero-order chi connectivity index (χ0) is 25.3. The third kappa shape index (κ3) is 4.56. The van der Waals surface area contributed by atoms with Crippen molar-refractivity contribution in [2.75, 3.05) is 18.8 Å². The zero-order valence-electron chi connectivity index (χ0n) is 19.0. The molecule has 0 saturated carbocycles. The lowest BCUT2D eigenvalue weighted by Gasteiger charge is -2.15. The Kier molecular flexibility index (Phi) is 6.24. The third-order valence-electron chi connectivity index (χ3n) is 5.93. The molecule has 2 amide bonds. The minimum absolute atomic E-state index is 0.0744. The first-order valence-corrected chi connectivity index (χ1v) is 10.8. The Balaban J connectivity index is 1.62. The number of aromatic nitrogens is 2. The molecule has 35 heavy (non-hydrogen) atoms. The molecule has 2 aromatic carbocycles. The number of anilines is 1. The summed E-state index contributed by atoms with van der Waals surface area (Å²) in [7, 11) is 0. The fourth-order valence-electron chi connectivity index (χ4n) is 4.06. The van der Waals surface area contributed by atoms with Gasteiger partial charge in [-0.2, -0.15) is 5.10 Å². The van der Waals surface area contributed by atoms with Crippen LogP contribution in [0.15, 0.2) is 55.1 Å². The van der Waals surface area contributed by atoms with E-state index in [4.69, 9.17) is 16.2 Å². The number of nitrogens with two attached hydrogens (primary N) is 2. The van der Waals surface area contributed by atoms with Gasteiger partial charge in [0, 0.05) is 24.7 Å². The highest BCUT2D eigenvalue weighted by Gasteiger charge is 2.31. The van der Waals surface area contributed by atoms with E-state index in [1.807, 2.05) is 0 Å². The lowest BCUT2D eigenvalue weighted by molar-refractivity contribution is -0.384. The van der Waals surface area contributed by atoms with E-state index in [0.717, 1.165) is 5.56 Å². The van der Waals surface area contributed by atoms with Gasteiger partial charge in [-0.25, -0.2) is 4.68 Å². The van der Waals surface area contributed by atoms with Crippen molar-refractivity contribution in [2.24, 2.45) is 5.73 Å². The van der Waals surface area contributed by atoms with Crippen LogP contribution in [0.1, 0.15) is 28.4 Å². The number of primary amides is 1. The van der Waals surface area contributed by atoms with Crippen LogP contribution < -0.4 is 16.2 Å². The van der Waals surface area contributed by atoms with Crippen LogP contribution in [0, 0.1) is 17.0 Å². The van der Waals surface area contributed by atoms with E-state index >= 15 is 0 Å². The molecule has 1 aliphatic heterocycles. The van der Waals surface area contributed by atoms with Crippen molar-refractivity contribution in [3.8, 4) is 22.8 Å². The number of non-ortho nitro benzene ring substituents is 1. The molecule has 11 heteroatoms. The molecule has 1 aliphatic rings. The maximum Gasteiger partial charge on any atom is 0.273 e. The number of nitro groups is 1. The first kappa shape index (κ1) is 23.5. The number of rotatable bonds is 7. The monoisotopic (exact) mass is 476 g/mol. The van der Waals surface area contributed by atoms with E-state index in [0.29, 0.717) is 42.3 Å². The highest BCUT2D eigenvalue weighted by atomic mass is 16.6. The van der Waals surface area contributed by atoms with Gasteiger partial charge in [-0.3, -0.25) is 19.7 Å². The van der Waals surface area contributed by atoms with Crippen molar-refractivity contribution >= 4 is 23.3 Å². The van der Waals surface area contributed by atoms with Crippen molar-refractivity contribution in [3.05, 3.63) is 76.4 Å². The minimum Gasteiger partial charge on any atom is -0.457 e. The Morgan fingerprint density at radius 2 is 1.97 bits per heavy atom. The van der Waals surface area contributed by atoms with E-state index in [9.17, 15) is 19.7 Å². The molecule has 0 radical (unpaired) electrons. The van der Waals surface area contributed by atoms with Crippen molar-refractivity contribution < 1.29 is 19.2 Å². The number of ether oxygens (including phenoxy) is 1. The third-order valence-corrected chi connectivity index (χ3v) is 5.93. The number of nitrogens with zero attached hydrogens (tertiary/aromatic N) is 4. The van der Waals surface area contributed by atoms with Gasteiger partial charge in [0.2, 0.25) is 5.91 Å². The smallest absolute Gasteiger partial charge is 0.273 e. The average Bonchev–Trinajstić information content (AvgIpc) is 3.45. The first-order valence-electron chi connectivity index (χ1n) is 10.8. The largest absolute Gasteiger partial charge is 0.457 e. The molecule has 0 bridgehead atoms. The van der Waals surface area contributed by atoms with Crippen molar-refractivity contribution in [1.82, 2.24) is 14.7 Å². The van der Waals surface area contributed by atoms with E-state index in [1.165, 1.54) is 18.2 Å². The second-order valence-corrected chi connectivity index (χ2v) is 8.18. The van der Waals surface area contributed by atoms with Gasteiger partial charge in [0.1, 0.15) is 28.6 Å². The molecule has 0 unspecified atom stereocenters. The lowest BCUT2D eigenvalue weighted by atomic mass is 10.1. The number of hydrogen-bond acceptors (Lipinski definition) is 7. The summed E-state index contributed by atoms with van der Waals surface area (Å²) in [5.74, 6) is 0.0484. The van der Waals surface area contributed by atoms with Crippen LogP contribution in [0.3, 0.4) is 0 Å². The van der Waals surface area contributed by atoms with E-state index in [-0.39, 0.29) is 29.0 Å². The number of carbonyl (C=O) groups is 2. The number of nitro benzene ring substituents is 1. The van der Waals surface area contributed by atoms with Gasteiger partial charge in [-0.15, -0.1) is 0 Å². The molecular weight excluding hydrogens is 452 g/mol. The van der Waals surface area contributed by atoms with Crippen LogP contribution >= 0.6 is 0 Å². The molecule has 1 saturated heterocycles. The molecule has 1 fully saturated rings.